The van der Waals surface area contributed by atoms with E-state index in [2.05, 4.69) is 10.4 Å². The highest BCUT2D eigenvalue weighted by Gasteiger charge is 2.02. The summed E-state index contributed by atoms with van der Waals surface area (Å²) in [5.74, 6) is -1.09. The van der Waals surface area contributed by atoms with Crippen molar-refractivity contribution in [3.8, 4) is 0 Å². The molecular formula is C6H8N4O4. The van der Waals surface area contributed by atoms with Gasteiger partial charge < -0.3 is 10.4 Å². The zero-order valence-electron chi connectivity index (χ0n) is 7.03. The van der Waals surface area contributed by atoms with Crippen LogP contribution in [0.1, 0.15) is 6.42 Å². The lowest BCUT2D eigenvalue weighted by Gasteiger charge is -1.99. The summed E-state index contributed by atoms with van der Waals surface area (Å²) >= 11 is 0. The van der Waals surface area contributed by atoms with Crippen molar-refractivity contribution in [2.75, 3.05) is 11.9 Å². The second-order valence-corrected chi connectivity index (χ2v) is 2.43. The Morgan fingerprint density at radius 1 is 1.50 bits per heavy atom. The number of aromatic nitrogens is 3. The van der Waals surface area contributed by atoms with Crippen LogP contribution in [0.2, 0.25) is 0 Å². The van der Waals surface area contributed by atoms with Gasteiger partial charge in [0.25, 0.3) is 5.56 Å². The quantitative estimate of drug-likeness (QED) is 0.460. The molecule has 76 valence electrons. The first-order valence-corrected chi connectivity index (χ1v) is 3.74. The lowest BCUT2D eigenvalue weighted by molar-refractivity contribution is -0.136. The Morgan fingerprint density at radius 2 is 2.21 bits per heavy atom. The predicted octanol–water partition coefficient (Wildman–Crippen LogP) is -1.66. The van der Waals surface area contributed by atoms with Gasteiger partial charge in [0, 0.05) is 6.54 Å². The number of nitrogens with one attached hydrogen (secondary N) is 3. The number of hydrogen-bond donors (Lipinski definition) is 4. The molecule has 1 rings (SSSR count). The highest BCUT2D eigenvalue weighted by Crippen LogP contribution is 1.87. The van der Waals surface area contributed by atoms with Crippen LogP contribution in [0, 0.1) is 0 Å². The van der Waals surface area contributed by atoms with Gasteiger partial charge in [0.15, 0.2) is 0 Å². The highest BCUT2D eigenvalue weighted by atomic mass is 16.4. The number of carbonyl (C=O) groups is 1. The lowest BCUT2D eigenvalue weighted by Crippen LogP contribution is -2.27. The van der Waals surface area contributed by atoms with Crippen molar-refractivity contribution in [2.24, 2.45) is 0 Å². The van der Waals surface area contributed by atoms with E-state index < -0.39 is 17.2 Å². The van der Waals surface area contributed by atoms with Crippen LogP contribution in [0.5, 0.6) is 0 Å². The molecule has 4 N–H and O–H groups in total. The molecule has 1 heterocycles. The standard InChI is InChI=1S/C6H8N4O4/c11-3(12)1-2-7-4-5(13)8-6(14)10-9-4/h1-2H2,(H,7,9)(H,11,12)(H2,8,10,13,14). The summed E-state index contributed by atoms with van der Waals surface area (Å²) in [6.07, 6.45) is -0.139. The molecule has 0 fully saturated rings. The Balaban J connectivity index is 2.64. The Labute approximate surface area is 77.0 Å². The molecule has 1 aromatic heterocycles. The van der Waals surface area contributed by atoms with Gasteiger partial charge in [-0.15, -0.1) is 5.10 Å². The summed E-state index contributed by atoms with van der Waals surface area (Å²) in [6.45, 7) is 0.0669. The van der Waals surface area contributed by atoms with E-state index in [4.69, 9.17) is 5.11 Å². The second-order valence-electron chi connectivity index (χ2n) is 2.43. The average molecular weight is 200 g/mol. The third-order valence-corrected chi connectivity index (χ3v) is 1.34. The minimum Gasteiger partial charge on any atom is -0.481 e. The zero-order chi connectivity index (χ0) is 10.6. The number of hydrogen-bond acceptors (Lipinski definition) is 5. The molecule has 8 nitrogen and oxygen atoms in total. The van der Waals surface area contributed by atoms with Gasteiger partial charge in [-0.2, -0.15) is 0 Å². The summed E-state index contributed by atoms with van der Waals surface area (Å²) in [5, 5.41) is 16.2. The maximum Gasteiger partial charge on any atom is 0.342 e. The van der Waals surface area contributed by atoms with Crippen molar-refractivity contribution in [2.45, 2.75) is 6.42 Å². The van der Waals surface area contributed by atoms with E-state index in [1.807, 2.05) is 10.1 Å². The first-order valence-electron chi connectivity index (χ1n) is 3.74. The molecule has 0 aliphatic heterocycles. The fraction of sp³-hybridized carbons (Fsp3) is 0.333. The fourth-order valence-electron chi connectivity index (χ4n) is 0.755. The van der Waals surface area contributed by atoms with Crippen LogP contribution >= 0.6 is 0 Å². The normalized spacial score (nSPS) is 9.71. The van der Waals surface area contributed by atoms with Gasteiger partial charge in [-0.1, -0.05) is 0 Å². The van der Waals surface area contributed by atoms with Crippen LogP contribution < -0.4 is 16.6 Å². The summed E-state index contributed by atoms with van der Waals surface area (Å²) in [7, 11) is 0. The molecule has 0 aliphatic rings. The Kier molecular flexibility index (Phi) is 3.00. The van der Waals surface area contributed by atoms with E-state index in [1.54, 1.807) is 0 Å². The maximum atomic E-state index is 11.0. The third-order valence-electron chi connectivity index (χ3n) is 1.34. The first kappa shape index (κ1) is 9.96. The number of nitrogens with zero attached hydrogens (tertiary/aromatic N) is 1. The van der Waals surface area contributed by atoms with Crippen molar-refractivity contribution in [1.29, 1.82) is 0 Å². The van der Waals surface area contributed by atoms with E-state index in [0.29, 0.717) is 0 Å². The molecule has 0 aromatic carbocycles. The minimum absolute atomic E-state index is 0.0669. The topological polar surface area (TPSA) is 128 Å². The zero-order valence-corrected chi connectivity index (χ0v) is 7.03. The number of H-pyrrole nitrogens is 2. The Hall–Kier alpha value is -2.12. The molecule has 0 unspecified atom stereocenters. The van der Waals surface area contributed by atoms with E-state index in [9.17, 15) is 14.4 Å². The van der Waals surface area contributed by atoms with Crippen molar-refractivity contribution >= 4 is 11.8 Å². The van der Waals surface area contributed by atoms with Gasteiger partial charge >= 0.3 is 11.7 Å². The number of aliphatic carboxylic acids is 1. The lowest BCUT2D eigenvalue weighted by atomic mass is 10.4. The number of rotatable bonds is 4. The molecule has 0 saturated heterocycles. The van der Waals surface area contributed by atoms with Gasteiger partial charge in [0.05, 0.1) is 6.42 Å². The van der Waals surface area contributed by atoms with E-state index >= 15 is 0 Å². The SMILES string of the molecule is O=C(O)CCNc1n[nH]c(=O)[nH]c1=O. The van der Waals surface area contributed by atoms with Gasteiger partial charge in [-0.25, -0.2) is 9.89 Å². The number of carboxylic acid groups (broad SMARTS) is 1. The molecule has 0 aliphatic carbocycles. The molecular weight excluding hydrogens is 192 g/mol. The Morgan fingerprint density at radius 3 is 2.79 bits per heavy atom. The molecule has 0 bridgehead atoms. The van der Waals surface area contributed by atoms with Crippen molar-refractivity contribution < 1.29 is 9.90 Å². The molecule has 0 amide bonds. The summed E-state index contributed by atoms with van der Waals surface area (Å²) in [5.41, 5.74) is -1.39. The maximum absolute atomic E-state index is 11.0. The molecule has 0 saturated carbocycles. The van der Waals surface area contributed by atoms with E-state index in [1.165, 1.54) is 0 Å². The van der Waals surface area contributed by atoms with Crippen LogP contribution in [0.4, 0.5) is 5.82 Å². The number of anilines is 1. The van der Waals surface area contributed by atoms with E-state index in [0.717, 1.165) is 0 Å². The average Bonchev–Trinajstić information content (AvgIpc) is 2.08. The largest absolute Gasteiger partial charge is 0.481 e. The minimum atomic E-state index is -0.988. The predicted molar refractivity (Wildman–Crippen MR) is 46.2 cm³/mol. The Bertz CT molecular complexity index is 434. The van der Waals surface area contributed by atoms with Gasteiger partial charge in [0.1, 0.15) is 0 Å². The van der Waals surface area contributed by atoms with Crippen LogP contribution in [-0.2, 0) is 4.79 Å². The van der Waals surface area contributed by atoms with Gasteiger partial charge in [-0.3, -0.25) is 14.6 Å². The summed E-state index contributed by atoms with van der Waals surface area (Å²) < 4.78 is 0. The van der Waals surface area contributed by atoms with Crippen molar-refractivity contribution in [1.82, 2.24) is 15.2 Å². The molecule has 14 heavy (non-hydrogen) atoms. The smallest absolute Gasteiger partial charge is 0.342 e. The van der Waals surface area contributed by atoms with Crippen molar-refractivity contribution in [3.05, 3.63) is 20.8 Å². The molecule has 1 aromatic rings. The van der Waals surface area contributed by atoms with Crippen LogP contribution in [0.25, 0.3) is 0 Å². The first-order chi connectivity index (χ1) is 6.59. The van der Waals surface area contributed by atoms with Crippen LogP contribution in [-0.4, -0.2) is 32.8 Å². The molecule has 0 atom stereocenters. The second kappa shape index (κ2) is 4.21. The van der Waals surface area contributed by atoms with Gasteiger partial charge in [0.2, 0.25) is 5.82 Å². The van der Waals surface area contributed by atoms with Crippen LogP contribution in [0.15, 0.2) is 9.59 Å². The van der Waals surface area contributed by atoms with E-state index in [-0.39, 0.29) is 18.8 Å². The monoisotopic (exact) mass is 200 g/mol. The number of carboxylic acids is 1. The van der Waals surface area contributed by atoms with Crippen molar-refractivity contribution in [3.63, 3.8) is 0 Å². The molecule has 0 spiro atoms. The summed E-state index contributed by atoms with van der Waals surface area (Å²) in [6, 6.07) is 0. The van der Waals surface area contributed by atoms with Gasteiger partial charge in [-0.05, 0) is 0 Å². The third kappa shape index (κ3) is 2.73. The molecule has 0 radical (unpaired) electrons. The summed E-state index contributed by atoms with van der Waals surface area (Å²) in [4.78, 5) is 33.6. The number of aromatic amines is 2. The van der Waals surface area contributed by atoms with Crippen LogP contribution in [0.3, 0.4) is 0 Å². The highest BCUT2D eigenvalue weighted by molar-refractivity contribution is 5.67. The molecule has 8 heteroatoms. The fourth-order valence-corrected chi connectivity index (χ4v) is 0.755.